The number of fused-ring (bicyclic) bond motifs is 1. The summed E-state index contributed by atoms with van der Waals surface area (Å²) in [5.74, 6) is -0.606. The number of nitrogens with zero attached hydrogens (tertiary/aromatic N) is 4. The second-order valence-electron chi connectivity index (χ2n) is 7.96. The number of rotatable bonds is 2. The van der Waals surface area contributed by atoms with Crippen LogP contribution in [0.1, 0.15) is 43.6 Å². The molecule has 5 nitrogen and oxygen atoms in total. The van der Waals surface area contributed by atoms with Crippen molar-refractivity contribution in [3.8, 4) is 6.07 Å². The maximum Gasteiger partial charge on any atom is 0.347 e. The largest absolute Gasteiger partial charge is 0.347 e. The molecule has 7 heteroatoms. The number of halogens is 2. The summed E-state index contributed by atoms with van der Waals surface area (Å²) in [5, 5.41) is 13.7. The first-order valence-corrected chi connectivity index (χ1v) is 8.45. The highest BCUT2D eigenvalue weighted by atomic mass is 19.1. The van der Waals surface area contributed by atoms with Gasteiger partial charge in [0.25, 0.3) is 0 Å². The third-order valence-electron chi connectivity index (χ3n) is 6.12. The molecule has 1 aliphatic heterocycles. The van der Waals surface area contributed by atoms with Gasteiger partial charge in [-0.15, -0.1) is 0 Å². The van der Waals surface area contributed by atoms with E-state index in [1.54, 1.807) is 4.57 Å². The van der Waals surface area contributed by atoms with Crippen LogP contribution in [0.2, 0.25) is 0 Å². The first-order chi connectivity index (χ1) is 11.9. The molecule has 2 bridgehead atoms. The van der Waals surface area contributed by atoms with E-state index in [4.69, 9.17) is 0 Å². The molecule has 25 heavy (non-hydrogen) atoms. The lowest BCUT2D eigenvalue weighted by atomic mass is 9.40. The van der Waals surface area contributed by atoms with Crippen molar-refractivity contribution in [3.63, 3.8) is 0 Å². The minimum atomic E-state index is -0.647. The van der Waals surface area contributed by atoms with Crippen LogP contribution in [-0.4, -0.2) is 14.3 Å². The average Bonchev–Trinajstić information content (AvgIpc) is 2.92. The van der Waals surface area contributed by atoms with Crippen molar-refractivity contribution in [1.29, 1.82) is 5.26 Å². The number of benzene rings is 1. The molecule has 1 aromatic heterocycles. The molecule has 0 saturated heterocycles. The standard InChI is InChI=1S/C18H16F2N4O/c1-10-2-14-22-24(18-6-17(7-18,8-18)9-21)16(25)23(14)15(10)11-3-12(19)5-13(20)4-11/h3-5,10,15H,2,6-8H2,1H3/t10-,15-,17?,18?/m0/s1. The van der Waals surface area contributed by atoms with Crippen LogP contribution in [0.3, 0.4) is 0 Å². The van der Waals surface area contributed by atoms with Crippen LogP contribution < -0.4 is 5.69 Å². The van der Waals surface area contributed by atoms with E-state index in [2.05, 4.69) is 11.2 Å². The predicted octanol–water partition coefficient (Wildman–Crippen LogP) is 2.51. The monoisotopic (exact) mass is 342 g/mol. The van der Waals surface area contributed by atoms with E-state index >= 15 is 0 Å². The lowest BCUT2D eigenvalue weighted by molar-refractivity contribution is -0.155. The molecule has 1 aromatic carbocycles. The van der Waals surface area contributed by atoms with Crippen molar-refractivity contribution in [2.24, 2.45) is 11.3 Å². The molecule has 3 aliphatic carbocycles. The third-order valence-corrected chi connectivity index (χ3v) is 6.12. The van der Waals surface area contributed by atoms with E-state index in [9.17, 15) is 18.8 Å². The number of nitriles is 1. The van der Waals surface area contributed by atoms with Gasteiger partial charge in [-0.3, -0.25) is 4.57 Å². The van der Waals surface area contributed by atoms with Gasteiger partial charge in [0.2, 0.25) is 0 Å². The van der Waals surface area contributed by atoms with Crippen LogP contribution in [0.25, 0.3) is 0 Å². The zero-order chi connectivity index (χ0) is 17.6. The van der Waals surface area contributed by atoms with Gasteiger partial charge in [-0.25, -0.2) is 18.3 Å². The van der Waals surface area contributed by atoms with Gasteiger partial charge in [0, 0.05) is 12.5 Å². The SMILES string of the molecule is C[C@H]1Cc2nn(C34CC(C#N)(C3)C4)c(=O)n2[C@@H]1c1cc(F)cc(F)c1. The Morgan fingerprint density at radius 1 is 1.24 bits per heavy atom. The van der Waals surface area contributed by atoms with Crippen LogP contribution in [0.15, 0.2) is 23.0 Å². The van der Waals surface area contributed by atoms with Crippen molar-refractivity contribution in [2.75, 3.05) is 0 Å². The second kappa shape index (κ2) is 4.37. The zero-order valence-electron chi connectivity index (χ0n) is 13.7. The normalized spacial score (nSPS) is 34.8. The number of hydrogen-bond donors (Lipinski definition) is 0. The Hall–Kier alpha value is -2.49. The van der Waals surface area contributed by atoms with Gasteiger partial charge in [0.1, 0.15) is 17.5 Å². The summed E-state index contributed by atoms with van der Waals surface area (Å²) in [6, 6.07) is 5.32. The molecule has 3 saturated carbocycles. The van der Waals surface area contributed by atoms with Gasteiger partial charge >= 0.3 is 5.69 Å². The molecular weight excluding hydrogens is 326 g/mol. The highest BCUT2D eigenvalue weighted by molar-refractivity contribution is 5.30. The van der Waals surface area contributed by atoms with Gasteiger partial charge in [0.15, 0.2) is 0 Å². The predicted molar refractivity (Wildman–Crippen MR) is 83.7 cm³/mol. The van der Waals surface area contributed by atoms with Crippen LogP contribution in [0.4, 0.5) is 8.78 Å². The molecule has 2 aromatic rings. The molecule has 6 rings (SSSR count). The molecule has 4 aliphatic rings. The molecule has 0 radical (unpaired) electrons. The molecule has 2 heterocycles. The van der Waals surface area contributed by atoms with Crippen LogP contribution in [-0.2, 0) is 12.0 Å². The zero-order valence-corrected chi connectivity index (χ0v) is 13.7. The summed E-state index contributed by atoms with van der Waals surface area (Å²) in [6.07, 6.45) is 2.59. The summed E-state index contributed by atoms with van der Waals surface area (Å²) < 4.78 is 30.4. The van der Waals surface area contributed by atoms with Gasteiger partial charge in [-0.05, 0) is 42.9 Å². The molecule has 0 N–H and O–H groups in total. The highest BCUT2D eigenvalue weighted by Crippen LogP contribution is 2.70. The van der Waals surface area contributed by atoms with Gasteiger partial charge < -0.3 is 0 Å². The maximum absolute atomic E-state index is 13.7. The average molecular weight is 342 g/mol. The van der Waals surface area contributed by atoms with E-state index in [1.807, 2.05) is 6.92 Å². The minimum Gasteiger partial charge on any atom is -0.271 e. The topological polar surface area (TPSA) is 63.6 Å². The van der Waals surface area contributed by atoms with Gasteiger partial charge in [-0.2, -0.15) is 10.4 Å². The molecule has 0 unspecified atom stereocenters. The smallest absolute Gasteiger partial charge is 0.271 e. The molecule has 0 amide bonds. The van der Waals surface area contributed by atoms with E-state index in [1.165, 1.54) is 16.8 Å². The second-order valence-corrected chi connectivity index (χ2v) is 7.96. The third kappa shape index (κ3) is 1.74. The number of hydrogen-bond acceptors (Lipinski definition) is 3. The number of aromatic nitrogens is 3. The fraction of sp³-hybridized carbons (Fsp3) is 0.500. The van der Waals surface area contributed by atoms with E-state index in [-0.39, 0.29) is 22.6 Å². The Morgan fingerprint density at radius 2 is 1.88 bits per heavy atom. The van der Waals surface area contributed by atoms with E-state index in [0.29, 0.717) is 37.1 Å². The fourth-order valence-electron chi connectivity index (χ4n) is 5.10. The summed E-state index contributed by atoms with van der Waals surface area (Å²) in [4.78, 5) is 13.0. The Balaban J connectivity index is 1.59. The molecule has 128 valence electrons. The van der Waals surface area contributed by atoms with Crippen LogP contribution in [0.5, 0.6) is 0 Å². The Labute approximate surface area is 142 Å². The lowest BCUT2D eigenvalue weighted by Crippen LogP contribution is -2.69. The van der Waals surface area contributed by atoms with Crippen molar-refractivity contribution in [3.05, 3.63) is 51.7 Å². The summed E-state index contributed by atoms with van der Waals surface area (Å²) in [7, 11) is 0. The highest BCUT2D eigenvalue weighted by Gasteiger charge is 2.71. The lowest BCUT2D eigenvalue weighted by Gasteiger charge is -2.65. The van der Waals surface area contributed by atoms with Crippen LogP contribution >= 0.6 is 0 Å². The van der Waals surface area contributed by atoms with E-state index in [0.717, 1.165) is 6.07 Å². The molecule has 3 fully saturated rings. The summed E-state index contributed by atoms with van der Waals surface area (Å²) >= 11 is 0. The van der Waals surface area contributed by atoms with Crippen molar-refractivity contribution < 1.29 is 8.78 Å². The fourth-order valence-corrected chi connectivity index (χ4v) is 5.10. The molecular formula is C18H16F2N4O. The van der Waals surface area contributed by atoms with Crippen molar-refractivity contribution in [1.82, 2.24) is 14.3 Å². The molecule has 0 spiro atoms. The van der Waals surface area contributed by atoms with Crippen LogP contribution in [0, 0.1) is 34.3 Å². The first kappa shape index (κ1) is 14.8. The quantitative estimate of drug-likeness (QED) is 0.842. The van der Waals surface area contributed by atoms with Crippen molar-refractivity contribution >= 4 is 0 Å². The van der Waals surface area contributed by atoms with Gasteiger partial charge in [0.05, 0.1) is 23.1 Å². The Morgan fingerprint density at radius 3 is 2.48 bits per heavy atom. The first-order valence-electron chi connectivity index (χ1n) is 8.45. The summed E-state index contributed by atoms with van der Waals surface area (Å²) in [6.45, 7) is 1.96. The minimum absolute atomic E-state index is 0.0320. The van der Waals surface area contributed by atoms with E-state index < -0.39 is 17.7 Å². The van der Waals surface area contributed by atoms with Crippen molar-refractivity contribution in [2.45, 2.75) is 44.2 Å². The Kier molecular flexibility index (Phi) is 2.59. The van der Waals surface area contributed by atoms with Gasteiger partial charge in [-0.1, -0.05) is 6.92 Å². The maximum atomic E-state index is 13.7. The summed E-state index contributed by atoms with van der Waals surface area (Å²) in [5.41, 5.74) is -0.381. The molecule has 2 atom stereocenters. The Bertz CT molecular complexity index is 975.